The maximum atomic E-state index is 12.4. The summed E-state index contributed by atoms with van der Waals surface area (Å²) in [6.45, 7) is 4.80. The monoisotopic (exact) mass is 337 g/mol. The largest absolute Gasteiger partial charge is 0.493 e. The van der Waals surface area contributed by atoms with Gasteiger partial charge in [0, 0.05) is 18.0 Å². The summed E-state index contributed by atoms with van der Waals surface area (Å²) in [5.74, 6) is 1.52. The van der Waals surface area contributed by atoms with Crippen molar-refractivity contribution in [3.63, 3.8) is 0 Å². The molecule has 3 rings (SSSR count). The average molecular weight is 337 g/mol. The van der Waals surface area contributed by atoms with E-state index in [-0.39, 0.29) is 5.91 Å². The highest BCUT2D eigenvalue weighted by atomic mass is 16.5. The number of aromatic nitrogens is 4. The van der Waals surface area contributed by atoms with Gasteiger partial charge in [0.2, 0.25) is 0 Å². The Balaban J connectivity index is 1.66. The Bertz CT molecular complexity index is 829. The molecule has 2 heterocycles. The summed E-state index contributed by atoms with van der Waals surface area (Å²) >= 11 is 0. The number of ether oxygens (including phenoxy) is 1. The van der Waals surface area contributed by atoms with Gasteiger partial charge in [0.05, 0.1) is 12.2 Å². The van der Waals surface area contributed by atoms with E-state index < -0.39 is 0 Å². The number of nitrogens with zero attached hydrogens (tertiary/aromatic N) is 4. The third kappa shape index (κ3) is 4.41. The highest BCUT2D eigenvalue weighted by molar-refractivity contribution is 6.04. The second-order valence-electron chi connectivity index (χ2n) is 5.93. The summed E-state index contributed by atoms with van der Waals surface area (Å²) in [7, 11) is 0. The minimum Gasteiger partial charge on any atom is -0.493 e. The van der Waals surface area contributed by atoms with Gasteiger partial charge in [-0.3, -0.25) is 4.79 Å². The first-order chi connectivity index (χ1) is 12.1. The number of carbonyl (C=O) groups excluding carboxylic acids is 1. The minimum atomic E-state index is -0.237. The van der Waals surface area contributed by atoms with Crippen LogP contribution in [-0.2, 0) is 0 Å². The second-order valence-corrected chi connectivity index (χ2v) is 5.93. The van der Waals surface area contributed by atoms with E-state index in [0.717, 1.165) is 5.75 Å². The van der Waals surface area contributed by atoms with Gasteiger partial charge in [-0.2, -0.15) is 5.10 Å². The molecule has 0 aliphatic heterocycles. The molecule has 3 aromatic rings. The topological polar surface area (TPSA) is 81.9 Å². The maximum Gasteiger partial charge on any atom is 0.257 e. The van der Waals surface area contributed by atoms with E-state index in [1.54, 1.807) is 24.5 Å². The lowest BCUT2D eigenvalue weighted by Gasteiger charge is -2.11. The molecule has 0 radical (unpaired) electrons. The summed E-state index contributed by atoms with van der Waals surface area (Å²) in [4.78, 5) is 20.5. The van der Waals surface area contributed by atoms with Crippen LogP contribution in [0.4, 0.5) is 5.69 Å². The number of pyridine rings is 1. The molecule has 0 spiro atoms. The molecule has 0 bridgehead atoms. The van der Waals surface area contributed by atoms with Crippen LogP contribution in [0.1, 0.15) is 24.2 Å². The fourth-order valence-corrected chi connectivity index (χ4v) is 2.11. The lowest BCUT2D eigenvalue weighted by molar-refractivity contribution is 0.102. The van der Waals surface area contributed by atoms with Crippen molar-refractivity contribution in [2.75, 3.05) is 11.9 Å². The third-order valence-corrected chi connectivity index (χ3v) is 3.34. The van der Waals surface area contributed by atoms with E-state index in [2.05, 4.69) is 34.2 Å². The fraction of sp³-hybridized carbons (Fsp3) is 0.222. The first kappa shape index (κ1) is 16.6. The Morgan fingerprint density at radius 1 is 1.28 bits per heavy atom. The van der Waals surface area contributed by atoms with Crippen molar-refractivity contribution in [3.05, 3.63) is 60.8 Å². The zero-order valence-electron chi connectivity index (χ0n) is 14.1. The summed E-state index contributed by atoms with van der Waals surface area (Å²) < 4.78 is 7.20. The lowest BCUT2D eigenvalue weighted by Crippen LogP contribution is -2.13. The Labute approximate surface area is 145 Å². The van der Waals surface area contributed by atoms with Gasteiger partial charge >= 0.3 is 0 Å². The number of hydrogen-bond acceptors (Lipinski definition) is 5. The lowest BCUT2D eigenvalue weighted by atomic mass is 10.2. The normalized spacial score (nSPS) is 10.7. The van der Waals surface area contributed by atoms with E-state index in [0.29, 0.717) is 29.6 Å². The van der Waals surface area contributed by atoms with E-state index in [1.807, 2.05) is 18.2 Å². The molecule has 0 unspecified atom stereocenters. The van der Waals surface area contributed by atoms with Crippen molar-refractivity contribution in [2.45, 2.75) is 13.8 Å². The number of hydrogen-bond donors (Lipinski definition) is 1. The van der Waals surface area contributed by atoms with Crippen LogP contribution in [0, 0.1) is 5.92 Å². The van der Waals surface area contributed by atoms with Crippen LogP contribution in [-0.4, -0.2) is 32.3 Å². The van der Waals surface area contributed by atoms with Crippen molar-refractivity contribution >= 4 is 11.6 Å². The van der Waals surface area contributed by atoms with Gasteiger partial charge in [-0.05, 0) is 30.2 Å². The van der Waals surface area contributed by atoms with Gasteiger partial charge in [-0.15, -0.1) is 0 Å². The molecule has 1 N–H and O–H groups in total. The summed E-state index contributed by atoms with van der Waals surface area (Å²) in [6, 6.07) is 10.7. The molecule has 0 saturated carbocycles. The zero-order chi connectivity index (χ0) is 17.6. The summed E-state index contributed by atoms with van der Waals surface area (Å²) in [6.07, 6.45) is 4.48. The summed E-state index contributed by atoms with van der Waals surface area (Å²) in [5, 5.41) is 6.84. The second kappa shape index (κ2) is 7.57. The van der Waals surface area contributed by atoms with E-state index >= 15 is 0 Å². The van der Waals surface area contributed by atoms with E-state index in [4.69, 9.17) is 4.74 Å². The van der Waals surface area contributed by atoms with Crippen LogP contribution in [0.5, 0.6) is 5.75 Å². The van der Waals surface area contributed by atoms with E-state index in [1.165, 1.54) is 17.2 Å². The third-order valence-electron chi connectivity index (χ3n) is 3.34. The molecule has 0 atom stereocenters. The molecule has 0 aliphatic rings. The van der Waals surface area contributed by atoms with Crippen LogP contribution in [0.25, 0.3) is 5.82 Å². The molecule has 1 aromatic carbocycles. The minimum absolute atomic E-state index is 0.237. The zero-order valence-corrected chi connectivity index (χ0v) is 14.1. The van der Waals surface area contributed by atoms with Gasteiger partial charge in [-0.25, -0.2) is 14.6 Å². The maximum absolute atomic E-state index is 12.4. The molecule has 0 saturated heterocycles. The fourth-order valence-electron chi connectivity index (χ4n) is 2.11. The number of rotatable bonds is 6. The van der Waals surface area contributed by atoms with Crippen LogP contribution >= 0.6 is 0 Å². The standard InChI is InChI=1S/C18H19N5O2/c1-13(2)10-25-16-5-3-4-15(8-16)22-18(24)14-6-7-17(20-9-14)23-12-19-11-21-23/h3-9,11-13H,10H2,1-2H3,(H,22,24). The quantitative estimate of drug-likeness (QED) is 0.748. The molecule has 0 aliphatic carbocycles. The predicted molar refractivity (Wildman–Crippen MR) is 93.9 cm³/mol. The van der Waals surface area contributed by atoms with Gasteiger partial charge in [0.1, 0.15) is 18.4 Å². The Kier molecular flexibility index (Phi) is 5.03. The number of amides is 1. The van der Waals surface area contributed by atoms with Crippen molar-refractivity contribution in [1.82, 2.24) is 19.7 Å². The first-order valence-electron chi connectivity index (χ1n) is 7.97. The molecular formula is C18H19N5O2. The van der Waals surface area contributed by atoms with Gasteiger partial charge < -0.3 is 10.1 Å². The molecule has 1 amide bonds. The van der Waals surface area contributed by atoms with Crippen LogP contribution < -0.4 is 10.1 Å². The molecule has 0 fully saturated rings. The van der Waals surface area contributed by atoms with Crippen molar-refractivity contribution in [3.8, 4) is 11.6 Å². The van der Waals surface area contributed by atoms with Gasteiger partial charge in [0.25, 0.3) is 5.91 Å². The van der Waals surface area contributed by atoms with Crippen LogP contribution in [0.2, 0.25) is 0 Å². The van der Waals surface area contributed by atoms with Crippen molar-refractivity contribution in [2.24, 2.45) is 5.92 Å². The smallest absolute Gasteiger partial charge is 0.257 e. The SMILES string of the molecule is CC(C)COc1cccc(NC(=O)c2ccc(-n3cncn3)nc2)c1. The van der Waals surface area contributed by atoms with Gasteiger partial charge in [0.15, 0.2) is 5.82 Å². The molecule has 25 heavy (non-hydrogen) atoms. The Morgan fingerprint density at radius 3 is 2.84 bits per heavy atom. The van der Waals surface area contributed by atoms with Crippen molar-refractivity contribution < 1.29 is 9.53 Å². The van der Waals surface area contributed by atoms with E-state index in [9.17, 15) is 4.79 Å². The number of benzene rings is 1. The number of nitrogens with one attached hydrogen (secondary N) is 1. The Morgan fingerprint density at radius 2 is 2.16 bits per heavy atom. The predicted octanol–water partition coefficient (Wildman–Crippen LogP) is 2.95. The van der Waals surface area contributed by atoms with Crippen LogP contribution in [0.15, 0.2) is 55.2 Å². The first-order valence-corrected chi connectivity index (χ1v) is 7.97. The molecule has 7 heteroatoms. The van der Waals surface area contributed by atoms with Crippen LogP contribution in [0.3, 0.4) is 0 Å². The highest BCUT2D eigenvalue weighted by Gasteiger charge is 2.08. The van der Waals surface area contributed by atoms with Crippen molar-refractivity contribution in [1.29, 1.82) is 0 Å². The van der Waals surface area contributed by atoms with Gasteiger partial charge in [-0.1, -0.05) is 19.9 Å². The number of anilines is 1. The Hall–Kier alpha value is -3.22. The molecule has 7 nitrogen and oxygen atoms in total. The molecular weight excluding hydrogens is 318 g/mol. The summed E-state index contributed by atoms with van der Waals surface area (Å²) in [5.41, 5.74) is 1.13. The molecule has 2 aromatic heterocycles. The number of carbonyl (C=O) groups is 1. The average Bonchev–Trinajstić information content (AvgIpc) is 3.15. The molecule has 128 valence electrons. The highest BCUT2D eigenvalue weighted by Crippen LogP contribution is 2.19.